The largest absolute Gasteiger partial charge is 0.497 e. The lowest BCUT2D eigenvalue weighted by Crippen LogP contribution is -2.32. The third kappa shape index (κ3) is 4.33. The second-order valence-corrected chi connectivity index (χ2v) is 7.48. The molecule has 3 aromatic carbocycles. The molecule has 0 bridgehead atoms. The van der Waals surface area contributed by atoms with Crippen molar-refractivity contribution in [2.75, 3.05) is 29.8 Å². The fourth-order valence-corrected chi connectivity index (χ4v) is 3.69. The van der Waals surface area contributed by atoms with Gasteiger partial charge in [0.05, 0.1) is 25.5 Å². The Balaban J connectivity index is 1.77. The molecule has 0 aromatic heterocycles. The summed E-state index contributed by atoms with van der Waals surface area (Å²) in [5, 5.41) is 5.79. The number of hydrogen-bond donors (Lipinski definition) is 2. The van der Waals surface area contributed by atoms with Crippen LogP contribution < -0.4 is 25.0 Å². The van der Waals surface area contributed by atoms with Gasteiger partial charge < -0.3 is 20.1 Å². The first-order valence-corrected chi connectivity index (χ1v) is 10.5. The molecule has 1 aliphatic heterocycles. The molecule has 2 N–H and O–H groups in total. The highest BCUT2D eigenvalue weighted by molar-refractivity contribution is 6.46. The maximum Gasteiger partial charge on any atom is 0.282 e. The van der Waals surface area contributed by atoms with Crippen LogP contribution in [0, 0.1) is 0 Å². The van der Waals surface area contributed by atoms with Crippen molar-refractivity contribution in [3.05, 3.63) is 84.1 Å². The lowest BCUT2D eigenvalue weighted by Gasteiger charge is -2.19. The first-order chi connectivity index (χ1) is 16.4. The van der Waals surface area contributed by atoms with E-state index in [1.165, 1.54) is 21.1 Å². The number of benzene rings is 3. The van der Waals surface area contributed by atoms with Gasteiger partial charge in [0.15, 0.2) is 0 Å². The van der Waals surface area contributed by atoms with Crippen molar-refractivity contribution < 1.29 is 23.9 Å². The Hall–Kier alpha value is -4.59. The van der Waals surface area contributed by atoms with Gasteiger partial charge in [-0.15, -0.1) is 0 Å². The number of carbonyl (C=O) groups is 3. The highest BCUT2D eigenvalue weighted by atomic mass is 16.5. The molecule has 0 spiro atoms. The van der Waals surface area contributed by atoms with Gasteiger partial charge in [-0.25, -0.2) is 4.90 Å². The summed E-state index contributed by atoms with van der Waals surface area (Å²) >= 11 is 0. The van der Waals surface area contributed by atoms with Crippen LogP contribution in [0.4, 0.5) is 17.1 Å². The SMILES string of the molecule is COc1ccc(OC)c(N2C(=O)C(Nc3ccc(NC(C)=O)cc3)=C(c3ccccc3)C2=O)c1. The van der Waals surface area contributed by atoms with Gasteiger partial charge in [-0.1, -0.05) is 30.3 Å². The molecule has 34 heavy (non-hydrogen) atoms. The number of nitrogens with zero attached hydrogens (tertiary/aromatic N) is 1. The molecule has 8 heteroatoms. The number of imide groups is 1. The van der Waals surface area contributed by atoms with E-state index in [-0.39, 0.29) is 22.9 Å². The molecule has 0 aliphatic carbocycles. The van der Waals surface area contributed by atoms with Gasteiger partial charge in [0.25, 0.3) is 11.8 Å². The Labute approximate surface area is 196 Å². The number of hydrogen-bond acceptors (Lipinski definition) is 6. The quantitative estimate of drug-likeness (QED) is 0.520. The molecule has 0 unspecified atom stereocenters. The van der Waals surface area contributed by atoms with E-state index >= 15 is 0 Å². The zero-order valence-electron chi connectivity index (χ0n) is 18.9. The van der Waals surface area contributed by atoms with Crippen molar-refractivity contribution in [3.8, 4) is 11.5 Å². The summed E-state index contributed by atoms with van der Waals surface area (Å²) in [4.78, 5) is 39.6. The lowest BCUT2D eigenvalue weighted by molar-refractivity contribution is -0.120. The van der Waals surface area contributed by atoms with Gasteiger partial charge in [-0.05, 0) is 42.0 Å². The van der Waals surface area contributed by atoms with Crippen molar-refractivity contribution in [2.24, 2.45) is 0 Å². The third-order valence-corrected chi connectivity index (χ3v) is 5.25. The number of nitrogens with one attached hydrogen (secondary N) is 2. The van der Waals surface area contributed by atoms with Gasteiger partial charge >= 0.3 is 0 Å². The number of methoxy groups -OCH3 is 2. The molecule has 8 nitrogen and oxygen atoms in total. The molecular weight excluding hydrogens is 434 g/mol. The van der Waals surface area contributed by atoms with E-state index in [1.807, 2.05) is 6.07 Å². The molecule has 4 rings (SSSR count). The van der Waals surface area contributed by atoms with Crippen LogP contribution in [0.15, 0.2) is 78.5 Å². The minimum Gasteiger partial charge on any atom is -0.497 e. The molecule has 3 amide bonds. The number of carbonyl (C=O) groups excluding carboxylic acids is 3. The molecule has 0 saturated carbocycles. The number of amides is 3. The van der Waals surface area contributed by atoms with Crippen molar-refractivity contribution in [3.63, 3.8) is 0 Å². The molecule has 0 saturated heterocycles. The van der Waals surface area contributed by atoms with Gasteiger partial charge in [0.1, 0.15) is 17.2 Å². The molecule has 1 aliphatic rings. The van der Waals surface area contributed by atoms with Crippen LogP contribution >= 0.6 is 0 Å². The molecule has 172 valence electrons. The average molecular weight is 457 g/mol. The topological polar surface area (TPSA) is 97.0 Å². The van der Waals surface area contributed by atoms with Crippen LogP contribution in [0.2, 0.25) is 0 Å². The summed E-state index contributed by atoms with van der Waals surface area (Å²) < 4.78 is 10.7. The highest BCUT2D eigenvalue weighted by Gasteiger charge is 2.41. The first-order valence-electron chi connectivity index (χ1n) is 10.5. The minimum atomic E-state index is -0.527. The zero-order chi connectivity index (χ0) is 24.2. The van der Waals surface area contributed by atoms with Crippen molar-refractivity contribution in [2.45, 2.75) is 6.92 Å². The summed E-state index contributed by atoms with van der Waals surface area (Å²) in [6.07, 6.45) is 0. The number of rotatable bonds is 7. The van der Waals surface area contributed by atoms with E-state index in [9.17, 15) is 14.4 Å². The van der Waals surface area contributed by atoms with E-state index in [4.69, 9.17) is 9.47 Å². The number of ether oxygens (including phenoxy) is 2. The second kappa shape index (κ2) is 9.50. The predicted molar refractivity (Wildman–Crippen MR) is 130 cm³/mol. The fraction of sp³-hybridized carbons (Fsp3) is 0.115. The monoisotopic (exact) mass is 457 g/mol. The van der Waals surface area contributed by atoms with E-state index < -0.39 is 11.8 Å². The first kappa shape index (κ1) is 22.6. The summed E-state index contributed by atoms with van der Waals surface area (Å²) in [5.74, 6) is -0.362. The van der Waals surface area contributed by atoms with E-state index in [2.05, 4.69) is 10.6 Å². The lowest BCUT2D eigenvalue weighted by atomic mass is 10.0. The number of anilines is 3. The Bertz CT molecular complexity index is 1280. The Kier molecular flexibility index (Phi) is 6.31. The van der Waals surface area contributed by atoms with Crippen LogP contribution in [0.25, 0.3) is 5.57 Å². The molecule has 0 fully saturated rings. The molecule has 0 atom stereocenters. The van der Waals surface area contributed by atoms with Gasteiger partial charge in [0.2, 0.25) is 5.91 Å². The van der Waals surface area contributed by atoms with Crippen LogP contribution in [0.5, 0.6) is 11.5 Å². The second-order valence-electron chi connectivity index (χ2n) is 7.48. The molecule has 3 aromatic rings. The highest BCUT2D eigenvalue weighted by Crippen LogP contribution is 2.39. The normalized spacial score (nSPS) is 13.2. The van der Waals surface area contributed by atoms with E-state index in [1.54, 1.807) is 66.7 Å². The third-order valence-electron chi connectivity index (χ3n) is 5.25. The summed E-state index contributed by atoms with van der Waals surface area (Å²) in [7, 11) is 2.97. The average Bonchev–Trinajstić information content (AvgIpc) is 3.09. The van der Waals surface area contributed by atoms with Crippen molar-refractivity contribution in [1.82, 2.24) is 0 Å². The Morgan fingerprint density at radius 3 is 2.12 bits per heavy atom. The minimum absolute atomic E-state index is 0.133. The summed E-state index contributed by atoms with van der Waals surface area (Å²) in [6.45, 7) is 1.42. The maximum absolute atomic E-state index is 13.6. The van der Waals surface area contributed by atoms with Gasteiger partial charge in [-0.2, -0.15) is 0 Å². The van der Waals surface area contributed by atoms with Crippen LogP contribution in [-0.2, 0) is 14.4 Å². The Morgan fingerprint density at radius 1 is 0.824 bits per heavy atom. The van der Waals surface area contributed by atoms with Crippen LogP contribution in [0.3, 0.4) is 0 Å². The van der Waals surface area contributed by atoms with Crippen molar-refractivity contribution in [1.29, 1.82) is 0 Å². The maximum atomic E-state index is 13.6. The molecule has 1 heterocycles. The van der Waals surface area contributed by atoms with Crippen LogP contribution in [0.1, 0.15) is 12.5 Å². The molecular formula is C26H23N3O5. The predicted octanol–water partition coefficient (Wildman–Crippen LogP) is 4.06. The smallest absolute Gasteiger partial charge is 0.282 e. The zero-order valence-corrected chi connectivity index (χ0v) is 18.9. The summed E-state index contributed by atoms with van der Waals surface area (Å²) in [5.41, 5.74) is 2.45. The molecule has 0 radical (unpaired) electrons. The van der Waals surface area contributed by atoms with Crippen molar-refractivity contribution >= 4 is 40.4 Å². The van der Waals surface area contributed by atoms with Gasteiger partial charge in [-0.3, -0.25) is 14.4 Å². The van der Waals surface area contributed by atoms with Crippen LogP contribution in [-0.4, -0.2) is 31.9 Å². The standard InChI is InChI=1S/C26H23N3O5/c1-16(30)27-18-9-11-19(12-10-18)28-24-23(17-7-5-4-6-8-17)25(31)29(26(24)32)21-15-20(33-2)13-14-22(21)34-3/h4-15,28H,1-3H3,(H,27,30). The van der Waals surface area contributed by atoms with E-state index in [0.29, 0.717) is 28.4 Å². The fourth-order valence-electron chi connectivity index (χ4n) is 3.69. The Morgan fingerprint density at radius 2 is 1.50 bits per heavy atom. The van der Waals surface area contributed by atoms with Gasteiger partial charge in [0, 0.05) is 24.4 Å². The summed E-state index contributed by atoms with van der Waals surface area (Å²) in [6, 6.07) is 20.7. The van der Waals surface area contributed by atoms with E-state index in [0.717, 1.165) is 4.90 Å².